The van der Waals surface area contributed by atoms with Crippen LogP contribution in [0.2, 0.25) is 0 Å². The maximum Gasteiger partial charge on any atom is 0.140 e. The maximum absolute atomic E-state index is 5.07. The van der Waals surface area contributed by atoms with E-state index >= 15 is 0 Å². The fraction of sp³-hybridized carbons (Fsp3) is 0.0513. The lowest BCUT2D eigenvalue weighted by molar-refractivity contribution is 0.959. The molecule has 0 atom stereocenters. The van der Waals surface area contributed by atoms with Gasteiger partial charge in [0, 0.05) is 12.6 Å². The summed E-state index contributed by atoms with van der Waals surface area (Å²) in [5.41, 5.74) is 9.00. The molecule has 0 radical (unpaired) electrons. The Balaban J connectivity index is 1.51. The number of fused-ring (bicyclic) bond motifs is 3. The minimum absolute atomic E-state index is 0.808. The van der Waals surface area contributed by atoms with Crippen LogP contribution in [0.25, 0.3) is 44.3 Å². The molecule has 41 heavy (non-hydrogen) atoms. The summed E-state index contributed by atoms with van der Waals surface area (Å²) < 4.78 is 2.18. The molecule has 7 rings (SSSR count). The molecule has 0 amide bonds. The molecule has 0 aliphatic heterocycles. The van der Waals surface area contributed by atoms with Gasteiger partial charge >= 0.3 is 0 Å². The maximum atomic E-state index is 5.07. The Bertz CT molecular complexity index is 2140. The fourth-order valence-corrected chi connectivity index (χ4v) is 5.96. The van der Waals surface area contributed by atoms with Crippen molar-refractivity contribution in [3.63, 3.8) is 0 Å². The smallest absolute Gasteiger partial charge is 0.140 e. The average molecular weight is 527 g/mol. The van der Waals surface area contributed by atoms with E-state index in [2.05, 4.69) is 152 Å². The van der Waals surface area contributed by atoms with Crippen LogP contribution in [0.4, 0.5) is 0 Å². The zero-order chi connectivity index (χ0) is 27.8. The number of hydrogen-bond donors (Lipinski definition) is 0. The van der Waals surface area contributed by atoms with E-state index in [9.17, 15) is 0 Å². The molecule has 0 bridgehead atoms. The molecule has 6 aromatic rings. The topological polar surface area (TPSA) is 17.8 Å². The molecule has 1 aliphatic rings. The van der Waals surface area contributed by atoms with Gasteiger partial charge in [0.15, 0.2) is 0 Å². The van der Waals surface area contributed by atoms with Gasteiger partial charge in [-0.25, -0.2) is 4.98 Å². The van der Waals surface area contributed by atoms with E-state index in [0.29, 0.717) is 0 Å². The summed E-state index contributed by atoms with van der Waals surface area (Å²) in [6.45, 7) is 4.53. The van der Waals surface area contributed by atoms with Gasteiger partial charge in [-0.15, -0.1) is 0 Å². The molecule has 0 fully saturated rings. The molecule has 196 valence electrons. The lowest BCUT2D eigenvalue weighted by Crippen LogP contribution is -2.30. The highest BCUT2D eigenvalue weighted by Crippen LogP contribution is 2.28. The molecule has 0 unspecified atom stereocenters. The van der Waals surface area contributed by atoms with E-state index in [1.807, 2.05) is 6.07 Å². The highest BCUT2D eigenvalue weighted by Gasteiger charge is 2.14. The van der Waals surface area contributed by atoms with Gasteiger partial charge in [0.1, 0.15) is 5.82 Å². The molecule has 0 spiro atoms. The number of allylic oxidation sites excluding steroid dienone is 5. The second-order valence-corrected chi connectivity index (χ2v) is 10.5. The average Bonchev–Trinajstić information content (AvgIpc) is 3.35. The van der Waals surface area contributed by atoms with Crippen molar-refractivity contribution >= 4 is 33.0 Å². The summed E-state index contributed by atoms with van der Waals surface area (Å²) in [6, 6.07) is 41.1. The number of aromatic nitrogens is 2. The van der Waals surface area contributed by atoms with E-state index in [4.69, 9.17) is 4.98 Å². The van der Waals surface area contributed by atoms with Gasteiger partial charge in [-0.05, 0) is 73.7 Å². The van der Waals surface area contributed by atoms with Gasteiger partial charge in [-0.1, -0.05) is 128 Å². The highest BCUT2D eigenvalue weighted by atomic mass is 15.1. The second kappa shape index (κ2) is 10.4. The van der Waals surface area contributed by atoms with Gasteiger partial charge < -0.3 is 4.57 Å². The quantitative estimate of drug-likeness (QED) is 0.229. The standard InChI is InChI=1S/C39H30N2/c1-27-13-5-3-8-18-33(31-23-24-37-36(26-31)40-39(41(37)2)29-15-6-4-7-16-29)34-19-11-12-20-35(34)38(27)32-22-21-28-14-9-10-17-30(28)25-32/h3-17,19-26H,1,18H2,2H3/b8-3-,13-5-,34-33+,38-35?. The number of imidazole rings is 1. The van der Waals surface area contributed by atoms with E-state index in [1.165, 1.54) is 37.9 Å². The minimum atomic E-state index is 0.808. The molecule has 2 heteroatoms. The highest BCUT2D eigenvalue weighted by molar-refractivity contribution is 5.90. The summed E-state index contributed by atoms with van der Waals surface area (Å²) in [5, 5.41) is 4.87. The number of benzene rings is 5. The van der Waals surface area contributed by atoms with E-state index in [0.717, 1.165) is 40.0 Å². The van der Waals surface area contributed by atoms with Crippen molar-refractivity contribution in [2.24, 2.45) is 7.05 Å². The van der Waals surface area contributed by atoms with Gasteiger partial charge in [0.25, 0.3) is 0 Å². The van der Waals surface area contributed by atoms with Crippen LogP contribution in [0.5, 0.6) is 0 Å². The van der Waals surface area contributed by atoms with Crippen molar-refractivity contribution in [2.45, 2.75) is 6.42 Å². The second-order valence-electron chi connectivity index (χ2n) is 10.5. The largest absolute Gasteiger partial charge is 0.327 e. The molecule has 5 aromatic carbocycles. The first-order chi connectivity index (χ1) is 20.2. The van der Waals surface area contributed by atoms with Crippen LogP contribution in [-0.2, 0) is 7.05 Å². The van der Waals surface area contributed by atoms with Crippen LogP contribution in [-0.4, -0.2) is 9.55 Å². The lowest BCUT2D eigenvalue weighted by atomic mass is 9.90. The summed E-state index contributed by atoms with van der Waals surface area (Å²) >= 11 is 0. The van der Waals surface area contributed by atoms with Crippen LogP contribution >= 0.6 is 0 Å². The lowest BCUT2D eigenvalue weighted by Gasteiger charge is -2.14. The molecular weight excluding hydrogens is 496 g/mol. The fourth-order valence-electron chi connectivity index (χ4n) is 5.96. The Morgan fingerprint density at radius 2 is 1.39 bits per heavy atom. The molecule has 0 saturated heterocycles. The van der Waals surface area contributed by atoms with Gasteiger partial charge in [-0.2, -0.15) is 0 Å². The first-order valence-corrected chi connectivity index (χ1v) is 14.0. The zero-order valence-corrected chi connectivity index (χ0v) is 23.1. The number of aryl methyl sites for hydroxylation is 1. The van der Waals surface area contributed by atoms with Crippen LogP contribution in [0, 0.1) is 0 Å². The molecule has 0 saturated carbocycles. The molecule has 1 aliphatic carbocycles. The van der Waals surface area contributed by atoms with Crippen LogP contribution in [0.15, 0.2) is 152 Å². The Hall–Kier alpha value is -5.21. The summed E-state index contributed by atoms with van der Waals surface area (Å²) in [7, 11) is 2.09. The molecule has 1 heterocycles. The van der Waals surface area contributed by atoms with Gasteiger partial charge in [0.05, 0.1) is 11.0 Å². The first-order valence-electron chi connectivity index (χ1n) is 14.0. The van der Waals surface area contributed by atoms with Crippen molar-refractivity contribution in [3.05, 3.63) is 173 Å². The summed E-state index contributed by atoms with van der Waals surface area (Å²) in [6.07, 6.45) is 9.39. The summed E-state index contributed by atoms with van der Waals surface area (Å²) in [5.74, 6) is 0.974. The SMILES string of the molecule is C=C1/C=C\C=C/C/C(c2ccc3c(c2)nc(-c2ccccc2)n3C)=c2/ccccc2=C1c1ccc2ccccc2c1. The van der Waals surface area contributed by atoms with Crippen LogP contribution in [0.3, 0.4) is 0 Å². The van der Waals surface area contributed by atoms with Gasteiger partial charge in [-0.3, -0.25) is 0 Å². The van der Waals surface area contributed by atoms with Gasteiger partial charge in [0.2, 0.25) is 0 Å². The van der Waals surface area contributed by atoms with Crippen molar-refractivity contribution in [1.82, 2.24) is 9.55 Å². The Labute approximate surface area is 240 Å². The van der Waals surface area contributed by atoms with E-state index in [-0.39, 0.29) is 0 Å². The Morgan fingerprint density at radius 3 is 2.24 bits per heavy atom. The Kier molecular flexibility index (Phi) is 6.29. The molecular formula is C39H30N2. The van der Waals surface area contributed by atoms with Crippen molar-refractivity contribution < 1.29 is 0 Å². The number of nitrogens with zero attached hydrogens (tertiary/aromatic N) is 2. The predicted molar refractivity (Wildman–Crippen MR) is 173 cm³/mol. The van der Waals surface area contributed by atoms with Crippen LogP contribution in [0.1, 0.15) is 17.5 Å². The number of hydrogen-bond acceptors (Lipinski definition) is 1. The minimum Gasteiger partial charge on any atom is -0.327 e. The van der Waals surface area contributed by atoms with E-state index in [1.54, 1.807) is 0 Å². The van der Waals surface area contributed by atoms with Crippen molar-refractivity contribution in [1.29, 1.82) is 0 Å². The van der Waals surface area contributed by atoms with Crippen molar-refractivity contribution in [3.8, 4) is 11.4 Å². The summed E-state index contributed by atoms with van der Waals surface area (Å²) in [4.78, 5) is 5.07. The molecule has 1 aromatic heterocycles. The third-order valence-electron chi connectivity index (χ3n) is 8.01. The third-order valence-corrected chi connectivity index (χ3v) is 8.01. The normalized spacial score (nSPS) is 16.5. The molecule has 2 nitrogen and oxygen atoms in total. The zero-order valence-electron chi connectivity index (χ0n) is 23.1. The molecule has 0 N–H and O–H groups in total. The van der Waals surface area contributed by atoms with E-state index < -0.39 is 0 Å². The Morgan fingerprint density at radius 1 is 0.659 bits per heavy atom. The third kappa shape index (κ3) is 4.54. The number of rotatable bonds is 3. The first kappa shape index (κ1) is 24.8. The monoisotopic (exact) mass is 526 g/mol. The van der Waals surface area contributed by atoms with Crippen LogP contribution < -0.4 is 10.4 Å². The predicted octanol–water partition coefficient (Wildman–Crippen LogP) is 7.86. The van der Waals surface area contributed by atoms with Crippen molar-refractivity contribution in [2.75, 3.05) is 0 Å².